The average Bonchev–Trinajstić information content (AvgIpc) is 2.73. The molecule has 5 rings (SSSR count). The molecule has 0 spiro atoms. The molecule has 0 heterocycles. The Balaban J connectivity index is 1.60. The summed E-state index contributed by atoms with van der Waals surface area (Å²) in [6.07, 6.45) is 8.33. The Labute approximate surface area is 200 Å². The molecule has 4 nitrogen and oxygen atoms in total. The second-order valence-electron chi connectivity index (χ2n) is 14.1. The fourth-order valence-electron chi connectivity index (χ4n) is 11.1. The molecule has 186 valence electrons. The number of carboxylic acids is 1. The van der Waals surface area contributed by atoms with Crippen molar-refractivity contribution in [2.75, 3.05) is 0 Å². The molecule has 0 radical (unpaired) electrons. The number of rotatable bonds is 1. The van der Waals surface area contributed by atoms with Crippen molar-refractivity contribution in [1.29, 1.82) is 0 Å². The number of aliphatic hydroxyl groups is 2. The van der Waals surface area contributed by atoms with Crippen molar-refractivity contribution in [3.63, 3.8) is 0 Å². The minimum Gasteiger partial charge on any atom is -0.481 e. The topological polar surface area (TPSA) is 77.8 Å². The summed E-state index contributed by atoms with van der Waals surface area (Å²) in [4.78, 5) is 13.4. The van der Waals surface area contributed by atoms with Gasteiger partial charge >= 0.3 is 5.97 Å². The van der Waals surface area contributed by atoms with E-state index in [4.69, 9.17) is 0 Å². The van der Waals surface area contributed by atoms with Crippen molar-refractivity contribution in [1.82, 2.24) is 0 Å². The van der Waals surface area contributed by atoms with E-state index in [1.165, 1.54) is 0 Å². The van der Waals surface area contributed by atoms with Crippen LogP contribution in [0.3, 0.4) is 0 Å². The standard InChI is InChI=1S/C29H46O4/c1-17-15-23-25(3,16-20(17)31)11-13-28(6)22-9-10-26(4)18(2)19(30)7-8-21(26)27(22,5)12-14-29(23,28)24(32)33/h18-23,30-31H,1,7-16H2,2-6H3,(H,32,33). The third-order valence-corrected chi connectivity index (χ3v) is 13.2. The highest BCUT2D eigenvalue weighted by Crippen LogP contribution is 2.78. The van der Waals surface area contributed by atoms with E-state index < -0.39 is 17.5 Å². The van der Waals surface area contributed by atoms with Gasteiger partial charge < -0.3 is 15.3 Å². The summed E-state index contributed by atoms with van der Waals surface area (Å²) in [5.74, 6) is 0.670. The summed E-state index contributed by atoms with van der Waals surface area (Å²) in [7, 11) is 0. The van der Waals surface area contributed by atoms with E-state index >= 15 is 0 Å². The minimum atomic E-state index is -0.749. The number of hydrogen-bond donors (Lipinski definition) is 3. The van der Waals surface area contributed by atoms with Crippen LogP contribution in [-0.2, 0) is 4.79 Å². The first-order chi connectivity index (χ1) is 15.3. The fourth-order valence-corrected chi connectivity index (χ4v) is 11.1. The van der Waals surface area contributed by atoms with Crippen molar-refractivity contribution in [2.45, 2.75) is 111 Å². The third kappa shape index (κ3) is 2.74. The SMILES string of the molecule is C=C1CC2C(C)(CCC3(C)C4CCC5(C)C(C)C(O)CCC5C4(C)CCC23C(=O)O)CC1O. The molecule has 0 bridgehead atoms. The van der Waals surface area contributed by atoms with Crippen LogP contribution >= 0.6 is 0 Å². The predicted octanol–water partition coefficient (Wildman–Crippen LogP) is 5.81. The van der Waals surface area contributed by atoms with Crippen LogP contribution in [-0.4, -0.2) is 33.5 Å². The third-order valence-electron chi connectivity index (χ3n) is 13.2. The number of carboxylic acid groups (broad SMARTS) is 1. The van der Waals surface area contributed by atoms with Gasteiger partial charge in [0.25, 0.3) is 0 Å². The van der Waals surface area contributed by atoms with E-state index in [0.717, 1.165) is 56.9 Å². The van der Waals surface area contributed by atoms with Gasteiger partial charge in [-0.3, -0.25) is 4.79 Å². The Morgan fingerprint density at radius 1 is 0.879 bits per heavy atom. The molecule has 0 amide bonds. The van der Waals surface area contributed by atoms with Gasteiger partial charge in [0.05, 0.1) is 17.6 Å². The van der Waals surface area contributed by atoms with Crippen molar-refractivity contribution in [3.8, 4) is 0 Å². The lowest BCUT2D eigenvalue weighted by Gasteiger charge is -2.73. The monoisotopic (exact) mass is 458 g/mol. The second kappa shape index (κ2) is 7.09. The predicted molar refractivity (Wildman–Crippen MR) is 129 cm³/mol. The van der Waals surface area contributed by atoms with Crippen LogP contribution in [0.4, 0.5) is 0 Å². The Morgan fingerprint density at radius 2 is 1.58 bits per heavy atom. The first kappa shape index (κ1) is 23.9. The molecule has 11 atom stereocenters. The summed E-state index contributed by atoms with van der Waals surface area (Å²) < 4.78 is 0. The molecule has 5 fully saturated rings. The van der Waals surface area contributed by atoms with Gasteiger partial charge in [-0.05, 0) is 115 Å². The van der Waals surface area contributed by atoms with Gasteiger partial charge in [-0.1, -0.05) is 41.2 Å². The average molecular weight is 459 g/mol. The maximum atomic E-state index is 13.4. The Hall–Kier alpha value is -0.870. The Morgan fingerprint density at radius 3 is 2.24 bits per heavy atom. The van der Waals surface area contributed by atoms with Crippen molar-refractivity contribution < 1.29 is 20.1 Å². The maximum absolute atomic E-state index is 13.4. The summed E-state index contributed by atoms with van der Waals surface area (Å²) in [6.45, 7) is 15.9. The number of carbonyl (C=O) groups is 1. The van der Waals surface area contributed by atoms with Crippen LogP contribution < -0.4 is 0 Å². The highest BCUT2D eigenvalue weighted by molar-refractivity contribution is 5.77. The maximum Gasteiger partial charge on any atom is 0.310 e. The number of fused-ring (bicyclic) bond motifs is 7. The molecule has 5 aliphatic rings. The van der Waals surface area contributed by atoms with Crippen molar-refractivity contribution in [3.05, 3.63) is 12.2 Å². The van der Waals surface area contributed by atoms with E-state index in [1.807, 2.05) is 0 Å². The lowest BCUT2D eigenvalue weighted by molar-refractivity contribution is -0.263. The first-order valence-corrected chi connectivity index (χ1v) is 13.5. The van der Waals surface area contributed by atoms with E-state index in [2.05, 4.69) is 41.2 Å². The smallest absolute Gasteiger partial charge is 0.310 e. The second-order valence-corrected chi connectivity index (χ2v) is 14.1. The summed E-state index contributed by atoms with van der Waals surface area (Å²) in [6, 6.07) is 0. The van der Waals surface area contributed by atoms with Crippen molar-refractivity contribution >= 4 is 5.97 Å². The normalized spacial score (nSPS) is 58.5. The zero-order chi connectivity index (χ0) is 24.2. The van der Waals surface area contributed by atoms with Crippen LogP contribution in [0, 0.1) is 50.7 Å². The van der Waals surface area contributed by atoms with E-state index in [-0.39, 0.29) is 33.7 Å². The molecule has 0 aliphatic heterocycles. The highest BCUT2D eigenvalue weighted by atomic mass is 16.4. The van der Waals surface area contributed by atoms with Crippen LogP contribution in [0.25, 0.3) is 0 Å². The highest BCUT2D eigenvalue weighted by Gasteiger charge is 2.74. The fraction of sp³-hybridized carbons (Fsp3) is 0.897. The summed E-state index contributed by atoms with van der Waals surface area (Å²) in [5.41, 5.74) is -0.0519. The number of aliphatic hydroxyl groups excluding tert-OH is 2. The lowest BCUT2D eigenvalue weighted by Crippen LogP contribution is -2.70. The first-order valence-electron chi connectivity index (χ1n) is 13.5. The Kier molecular flexibility index (Phi) is 5.13. The molecule has 0 saturated heterocycles. The number of aliphatic carboxylic acids is 1. The zero-order valence-corrected chi connectivity index (χ0v) is 21.5. The molecule has 5 saturated carbocycles. The van der Waals surface area contributed by atoms with Gasteiger partial charge in [0.2, 0.25) is 0 Å². The van der Waals surface area contributed by atoms with Gasteiger partial charge in [-0.15, -0.1) is 0 Å². The van der Waals surface area contributed by atoms with Gasteiger partial charge in [0.15, 0.2) is 0 Å². The quantitative estimate of drug-likeness (QED) is 0.433. The van der Waals surface area contributed by atoms with Gasteiger partial charge in [-0.25, -0.2) is 0 Å². The molecule has 11 unspecified atom stereocenters. The van der Waals surface area contributed by atoms with Crippen LogP contribution in [0.5, 0.6) is 0 Å². The van der Waals surface area contributed by atoms with Crippen LogP contribution in [0.2, 0.25) is 0 Å². The van der Waals surface area contributed by atoms with Gasteiger partial charge in [0, 0.05) is 0 Å². The molecule has 0 aromatic carbocycles. The molecule has 33 heavy (non-hydrogen) atoms. The van der Waals surface area contributed by atoms with Gasteiger partial charge in [-0.2, -0.15) is 0 Å². The van der Waals surface area contributed by atoms with E-state index in [9.17, 15) is 20.1 Å². The van der Waals surface area contributed by atoms with Crippen molar-refractivity contribution in [2.24, 2.45) is 50.7 Å². The van der Waals surface area contributed by atoms with Gasteiger partial charge in [0.1, 0.15) is 0 Å². The molecular weight excluding hydrogens is 412 g/mol. The van der Waals surface area contributed by atoms with E-state index in [0.29, 0.717) is 30.6 Å². The largest absolute Gasteiger partial charge is 0.481 e. The summed E-state index contributed by atoms with van der Waals surface area (Å²) in [5, 5.41) is 32.3. The Bertz CT molecular complexity index is 868. The van der Waals surface area contributed by atoms with Crippen LogP contribution in [0.1, 0.15) is 98.8 Å². The molecule has 3 N–H and O–H groups in total. The molecule has 0 aromatic rings. The molecular formula is C29H46O4. The van der Waals surface area contributed by atoms with Crippen LogP contribution in [0.15, 0.2) is 12.2 Å². The lowest BCUT2D eigenvalue weighted by atomic mass is 9.30. The minimum absolute atomic E-state index is 0.0436. The summed E-state index contributed by atoms with van der Waals surface area (Å²) >= 11 is 0. The zero-order valence-electron chi connectivity index (χ0n) is 21.5. The molecule has 0 aromatic heterocycles. The number of hydrogen-bond acceptors (Lipinski definition) is 3. The molecule has 4 heteroatoms. The van der Waals surface area contributed by atoms with E-state index in [1.54, 1.807) is 0 Å². The molecule has 5 aliphatic carbocycles.